The van der Waals surface area contributed by atoms with Crippen LogP contribution in [0.15, 0.2) is 0 Å². The Morgan fingerprint density at radius 3 is 2.63 bits per heavy atom. The van der Waals surface area contributed by atoms with Crippen LogP contribution in [-0.2, 0) is 4.79 Å². The molecule has 1 amide bonds. The maximum absolute atomic E-state index is 12.7. The van der Waals surface area contributed by atoms with E-state index in [1.807, 2.05) is 4.90 Å². The quantitative estimate of drug-likeness (QED) is 0.819. The van der Waals surface area contributed by atoms with Gasteiger partial charge in [-0.25, -0.2) is 0 Å². The third kappa shape index (κ3) is 3.48. The molecule has 0 aromatic carbocycles. The number of nitrogens with one attached hydrogen (secondary N) is 1. The molecule has 19 heavy (non-hydrogen) atoms. The van der Waals surface area contributed by atoms with Gasteiger partial charge in [0.2, 0.25) is 5.91 Å². The number of likely N-dealkylation sites (tertiary alicyclic amines) is 1. The summed E-state index contributed by atoms with van der Waals surface area (Å²) in [7, 11) is 0. The highest BCUT2D eigenvalue weighted by Gasteiger charge is 2.37. The van der Waals surface area contributed by atoms with Crippen LogP contribution in [0.2, 0.25) is 0 Å². The van der Waals surface area contributed by atoms with Gasteiger partial charge in [-0.1, -0.05) is 6.92 Å². The molecule has 0 aromatic rings. The van der Waals surface area contributed by atoms with Crippen LogP contribution in [0.25, 0.3) is 0 Å². The molecule has 1 atom stereocenters. The van der Waals surface area contributed by atoms with Gasteiger partial charge in [0.05, 0.1) is 6.04 Å². The minimum absolute atomic E-state index is 0.162. The van der Waals surface area contributed by atoms with Gasteiger partial charge in [0.25, 0.3) is 0 Å². The molecule has 0 radical (unpaired) electrons. The minimum Gasteiger partial charge on any atom is -0.342 e. The van der Waals surface area contributed by atoms with Crippen molar-refractivity contribution in [3.8, 4) is 0 Å². The van der Waals surface area contributed by atoms with E-state index in [-0.39, 0.29) is 6.04 Å². The molecule has 0 aromatic heterocycles. The summed E-state index contributed by atoms with van der Waals surface area (Å²) < 4.78 is 0. The van der Waals surface area contributed by atoms with Crippen molar-refractivity contribution < 1.29 is 4.79 Å². The molecule has 2 saturated heterocycles. The SMILES string of the molecule is CCCN(CC)C(=O)C1CCCN1C1CCNCC1. The van der Waals surface area contributed by atoms with Crippen LogP contribution in [-0.4, -0.2) is 60.5 Å². The average molecular weight is 267 g/mol. The van der Waals surface area contributed by atoms with Crippen LogP contribution in [0.1, 0.15) is 46.0 Å². The van der Waals surface area contributed by atoms with Gasteiger partial charge in [-0.3, -0.25) is 9.69 Å². The fourth-order valence-electron chi connectivity index (χ4n) is 3.53. The Hall–Kier alpha value is -0.610. The highest BCUT2D eigenvalue weighted by atomic mass is 16.2. The van der Waals surface area contributed by atoms with E-state index in [1.165, 1.54) is 19.3 Å². The van der Waals surface area contributed by atoms with Gasteiger partial charge >= 0.3 is 0 Å². The van der Waals surface area contributed by atoms with Gasteiger partial charge in [0, 0.05) is 19.1 Å². The molecule has 110 valence electrons. The van der Waals surface area contributed by atoms with Crippen molar-refractivity contribution in [1.29, 1.82) is 0 Å². The molecule has 2 aliphatic rings. The number of nitrogens with zero attached hydrogens (tertiary/aromatic N) is 2. The molecule has 2 heterocycles. The molecule has 2 aliphatic heterocycles. The maximum atomic E-state index is 12.7. The molecular formula is C15H29N3O. The largest absolute Gasteiger partial charge is 0.342 e. The molecule has 0 spiro atoms. The second-order valence-electron chi connectivity index (χ2n) is 5.79. The van der Waals surface area contributed by atoms with Crippen LogP contribution in [0.5, 0.6) is 0 Å². The Bertz CT molecular complexity index is 289. The van der Waals surface area contributed by atoms with E-state index in [4.69, 9.17) is 0 Å². The number of carbonyl (C=O) groups is 1. The van der Waals surface area contributed by atoms with Gasteiger partial charge in [-0.05, 0) is 58.7 Å². The van der Waals surface area contributed by atoms with Crippen LogP contribution in [0.4, 0.5) is 0 Å². The Morgan fingerprint density at radius 1 is 1.26 bits per heavy atom. The predicted molar refractivity (Wildman–Crippen MR) is 78.2 cm³/mol. The average Bonchev–Trinajstić information content (AvgIpc) is 2.94. The van der Waals surface area contributed by atoms with E-state index < -0.39 is 0 Å². The van der Waals surface area contributed by atoms with Gasteiger partial charge < -0.3 is 10.2 Å². The molecule has 4 heteroatoms. The van der Waals surface area contributed by atoms with E-state index in [1.54, 1.807) is 0 Å². The third-order valence-corrected chi connectivity index (χ3v) is 4.54. The van der Waals surface area contributed by atoms with Crippen LogP contribution in [0.3, 0.4) is 0 Å². The molecule has 1 unspecified atom stereocenters. The predicted octanol–water partition coefficient (Wildman–Crippen LogP) is 1.46. The van der Waals surface area contributed by atoms with Crippen molar-refractivity contribution in [2.24, 2.45) is 0 Å². The molecule has 2 fully saturated rings. The topological polar surface area (TPSA) is 35.6 Å². The minimum atomic E-state index is 0.162. The summed E-state index contributed by atoms with van der Waals surface area (Å²) in [6.45, 7) is 9.33. The zero-order valence-electron chi connectivity index (χ0n) is 12.5. The third-order valence-electron chi connectivity index (χ3n) is 4.54. The van der Waals surface area contributed by atoms with Crippen molar-refractivity contribution in [3.05, 3.63) is 0 Å². The lowest BCUT2D eigenvalue weighted by Gasteiger charge is -2.37. The summed E-state index contributed by atoms with van der Waals surface area (Å²) in [5.74, 6) is 0.375. The van der Waals surface area contributed by atoms with Gasteiger partial charge in [0.15, 0.2) is 0 Å². The zero-order chi connectivity index (χ0) is 13.7. The Kier molecular flexibility index (Phi) is 5.64. The summed E-state index contributed by atoms with van der Waals surface area (Å²) in [4.78, 5) is 17.2. The highest BCUT2D eigenvalue weighted by molar-refractivity contribution is 5.82. The van der Waals surface area contributed by atoms with Crippen LogP contribution in [0, 0.1) is 0 Å². The first-order valence-electron chi connectivity index (χ1n) is 8.03. The Morgan fingerprint density at radius 2 is 2.00 bits per heavy atom. The molecule has 1 N–H and O–H groups in total. The molecule has 0 aliphatic carbocycles. The van der Waals surface area contributed by atoms with Crippen molar-refractivity contribution in [1.82, 2.24) is 15.1 Å². The Labute approximate surface area is 117 Å². The maximum Gasteiger partial charge on any atom is 0.239 e. The molecule has 0 saturated carbocycles. The van der Waals surface area contributed by atoms with E-state index >= 15 is 0 Å². The van der Waals surface area contributed by atoms with E-state index in [0.717, 1.165) is 45.6 Å². The molecular weight excluding hydrogens is 238 g/mol. The second-order valence-corrected chi connectivity index (χ2v) is 5.79. The van der Waals surface area contributed by atoms with E-state index in [2.05, 4.69) is 24.1 Å². The fraction of sp³-hybridized carbons (Fsp3) is 0.933. The normalized spacial score (nSPS) is 25.7. The van der Waals surface area contributed by atoms with Gasteiger partial charge in [-0.2, -0.15) is 0 Å². The molecule has 4 nitrogen and oxygen atoms in total. The highest BCUT2D eigenvalue weighted by Crippen LogP contribution is 2.25. The first-order chi connectivity index (χ1) is 9.27. The standard InChI is InChI=1S/C15H29N3O/c1-3-11-17(4-2)15(19)14-6-5-12-18(14)13-7-9-16-10-8-13/h13-14,16H,3-12H2,1-2H3. The lowest BCUT2D eigenvalue weighted by Crippen LogP contribution is -2.51. The number of rotatable bonds is 5. The van der Waals surface area contributed by atoms with Gasteiger partial charge in [-0.15, -0.1) is 0 Å². The van der Waals surface area contributed by atoms with E-state index in [0.29, 0.717) is 11.9 Å². The van der Waals surface area contributed by atoms with Crippen LogP contribution >= 0.6 is 0 Å². The first-order valence-corrected chi connectivity index (χ1v) is 8.03. The summed E-state index contributed by atoms with van der Waals surface area (Å²) >= 11 is 0. The number of piperidine rings is 1. The number of hydrogen-bond acceptors (Lipinski definition) is 3. The lowest BCUT2D eigenvalue weighted by molar-refractivity contribution is -0.136. The lowest BCUT2D eigenvalue weighted by atomic mass is 10.0. The van der Waals surface area contributed by atoms with Crippen molar-refractivity contribution in [2.45, 2.75) is 58.0 Å². The van der Waals surface area contributed by atoms with Crippen molar-refractivity contribution in [2.75, 3.05) is 32.7 Å². The molecule has 0 bridgehead atoms. The monoisotopic (exact) mass is 267 g/mol. The summed E-state index contributed by atoms with van der Waals surface area (Å²) in [6.07, 6.45) is 5.69. The first kappa shape index (κ1) is 14.8. The molecule has 2 rings (SSSR count). The summed E-state index contributed by atoms with van der Waals surface area (Å²) in [5.41, 5.74) is 0. The van der Waals surface area contributed by atoms with Crippen molar-refractivity contribution in [3.63, 3.8) is 0 Å². The number of hydrogen-bond donors (Lipinski definition) is 1. The number of amides is 1. The fourth-order valence-corrected chi connectivity index (χ4v) is 3.53. The number of likely N-dealkylation sites (N-methyl/N-ethyl adjacent to an activating group) is 1. The summed E-state index contributed by atoms with van der Waals surface area (Å²) in [6, 6.07) is 0.785. The number of carbonyl (C=O) groups excluding carboxylic acids is 1. The van der Waals surface area contributed by atoms with Gasteiger partial charge in [0.1, 0.15) is 0 Å². The Balaban J connectivity index is 1.98. The second kappa shape index (κ2) is 7.25. The smallest absolute Gasteiger partial charge is 0.239 e. The van der Waals surface area contributed by atoms with E-state index in [9.17, 15) is 4.79 Å². The van der Waals surface area contributed by atoms with Crippen LogP contribution < -0.4 is 5.32 Å². The van der Waals surface area contributed by atoms with Crippen molar-refractivity contribution >= 4 is 5.91 Å². The summed E-state index contributed by atoms with van der Waals surface area (Å²) in [5, 5.41) is 3.41. The zero-order valence-corrected chi connectivity index (χ0v) is 12.5.